The van der Waals surface area contributed by atoms with Gasteiger partial charge in [0.2, 0.25) is 6.43 Å². The number of benzene rings is 1. The van der Waals surface area contributed by atoms with Crippen LogP contribution >= 0.6 is 0 Å². The van der Waals surface area contributed by atoms with E-state index in [2.05, 4.69) is 15.2 Å². The first-order valence-corrected chi connectivity index (χ1v) is 10.3. The predicted octanol–water partition coefficient (Wildman–Crippen LogP) is 4.71. The van der Waals surface area contributed by atoms with Crippen molar-refractivity contribution in [2.45, 2.75) is 32.3 Å². The molecule has 33 heavy (non-hydrogen) atoms. The number of hydrogen-bond acceptors (Lipinski definition) is 6. The molecule has 2 N–H and O–H groups in total. The van der Waals surface area contributed by atoms with Crippen molar-refractivity contribution in [2.24, 2.45) is 7.05 Å². The number of alkyl halides is 2. The van der Waals surface area contributed by atoms with E-state index in [0.29, 0.717) is 33.7 Å². The molecule has 1 aliphatic heterocycles. The molecule has 5 rings (SSSR count). The fourth-order valence-corrected chi connectivity index (χ4v) is 4.19. The summed E-state index contributed by atoms with van der Waals surface area (Å²) in [5.41, 5.74) is 9.70. The quantitative estimate of drug-likeness (QED) is 0.471. The van der Waals surface area contributed by atoms with Gasteiger partial charge in [-0.2, -0.15) is 5.10 Å². The molecule has 1 atom stereocenters. The third kappa shape index (κ3) is 3.81. The van der Waals surface area contributed by atoms with E-state index in [0.717, 1.165) is 5.56 Å². The van der Waals surface area contributed by atoms with Crippen molar-refractivity contribution in [2.75, 3.05) is 5.73 Å². The van der Waals surface area contributed by atoms with Crippen LogP contribution in [0.25, 0.3) is 22.4 Å². The van der Waals surface area contributed by atoms with Gasteiger partial charge in [-0.1, -0.05) is 5.16 Å². The van der Waals surface area contributed by atoms with Crippen molar-refractivity contribution in [3.8, 4) is 28.1 Å². The summed E-state index contributed by atoms with van der Waals surface area (Å²) in [7, 11) is 1.77. The number of ether oxygens (including phenoxy) is 1. The van der Waals surface area contributed by atoms with E-state index < -0.39 is 24.8 Å². The van der Waals surface area contributed by atoms with Gasteiger partial charge in [0.15, 0.2) is 11.6 Å². The number of nitrogen functional groups attached to an aromatic ring is 1. The van der Waals surface area contributed by atoms with Crippen LogP contribution in [0, 0.1) is 5.82 Å². The zero-order chi connectivity index (χ0) is 23.3. The van der Waals surface area contributed by atoms with Gasteiger partial charge in [-0.25, -0.2) is 18.2 Å². The molecule has 7 nitrogen and oxygen atoms in total. The number of aryl methyl sites for hydroxylation is 1. The minimum atomic E-state index is -2.60. The fourth-order valence-electron chi connectivity index (χ4n) is 4.19. The summed E-state index contributed by atoms with van der Waals surface area (Å²) in [6.45, 7) is 1.77. The molecule has 0 saturated carbocycles. The highest BCUT2D eigenvalue weighted by Crippen LogP contribution is 2.39. The lowest BCUT2D eigenvalue weighted by atomic mass is 9.94. The highest BCUT2D eigenvalue weighted by molar-refractivity contribution is 5.73. The van der Waals surface area contributed by atoms with Gasteiger partial charge in [0.1, 0.15) is 17.7 Å². The third-order valence-electron chi connectivity index (χ3n) is 5.62. The fraction of sp³-hybridized carbons (Fsp3) is 0.261. The van der Waals surface area contributed by atoms with Crippen molar-refractivity contribution in [3.05, 3.63) is 65.1 Å². The normalized spacial score (nSPS) is 15.2. The van der Waals surface area contributed by atoms with E-state index >= 15 is 0 Å². The van der Waals surface area contributed by atoms with Crippen LogP contribution in [0.1, 0.15) is 35.6 Å². The summed E-state index contributed by atoms with van der Waals surface area (Å²) in [6.07, 6.45) is -0.258. The predicted molar refractivity (Wildman–Crippen MR) is 114 cm³/mol. The van der Waals surface area contributed by atoms with Crippen LogP contribution in [-0.2, 0) is 19.9 Å². The molecule has 0 aliphatic carbocycles. The van der Waals surface area contributed by atoms with Crippen LogP contribution in [0.3, 0.4) is 0 Å². The average molecular weight is 455 g/mol. The van der Waals surface area contributed by atoms with E-state index in [1.807, 2.05) is 6.20 Å². The maximum Gasteiger partial charge on any atom is 0.244 e. The largest absolute Gasteiger partial charge is 0.482 e. The molecule has 0 spiro atoms. The highest BCUT2D eigenvalue weighted by Gasteiger charge is 2.27. The number of halogens is 3. The number of anilines is 1. The van der Waals surface area contributed by atoms with Crippen molar-refractivity contribution in [3.63, 3.8) is 0 Å². The molecule has 2 bridgehead atoms. The Balaban J connectivity index is 1.78. The molecule has 170 valence electrons. The zero-order valence-corrected chi connectivity index (χ0v) is 17.8. The minimum absolute atomic E-state index is 0.118. The minimum Gasteiger partial charge on any atom is -0.482 e. The summed E-state index contributed by atoms with van der Waals surface area (Å²) >= 11 is 0. The first-order chi connectivity index (χ1) is 15.8. The molecule has 0 saturated heterocycles. The van der Waals surface area contributed by atoms with Gasteiger partial charge in [-0.15, -0.1) is 0 Å². The number of hydrogen-bond donors (Lipinski definition) is 1. The van der Waals surface area contributed by atoms with Crippen molar-refractivity contribution in [1.29, 1.82) is 0 Å². The smallest absolute Gasteiger partial charge is 0.244 e. The van der Waals surface area contributed by atoms with Crippen molar-refractivity contribution in [1.82, 2.24) is 19.9 Å². The van der Waals surface area contributed by atoms with Gasteiger partial charge in [-0.3, -0.25) is 4.68 Å². The SMILES string of the molecule is CC1Oc2cc(cnc2N)-c2c(CC(F)F)noc2Cc2cn(C)nc2-c2ccc(F)cc21. The molecule has 1 aromatic carbocycles. The van der Waals surface area contributed by atoms with E-state index in [4.69, 9.17) is 15.0 Å². The average Bonchev–Trinajstić information content (AvgIpc) is 3.31. The van der Waals surface area contributed by atoms with E-state index in [9.17, 15) is 13.2 Å². The summed E-state index contributed by atoms with van der Waals surface area (Å²) < 4.78 is 54.0. The molecule has 0 radical (unpaired) electrons. The summed E-state index contributed by atoms with van der Waals surface area (Å²) in [6, 6.07) is 6.02. The molecular formula is C23H20F3N5O2. The molecular weight excluding hydrogens is 435 g/mol. The van der Waals surface area contributed by atoms with Gasteiger partial charge in [0.05, 0.1) is 23.4 Å². The third-order valence-corrected chi connectivity index (χ3v) is 5.62. The van der Waals surface area contributed by atoms with Gasteiger partial charge < -0.3 is 15.0 Å². The van der Waals surface area contributed by atoms with E-state index in [-0.39, 0.29) is 23.7 Å². The van der Waals surface area contributed by atoms with Crippen molar-refractivity contribution >= 4 is 5.82 Å². The Hall–Kier alpha value is -3.82. The molecule has 1 aliphatic rings. The lowest BCUT2D eigenvalue weighted by Crippen LogP contribution is -2.09. The Morgan fingerprint density at radius 2 is 2.09 bits per heavy atom. The van der Waals surface area contributed by atoms with Crippen LogP contribution < -0.4 is 10.5 Å². The lowest BCUT2D eigenvalue weighted by molar-refractivity contribution is 0.146. The maximum absolute atomic E-state index is 14.2. The first-order valence-electron chi connectivity index (χ1n) is 10.3. The number of nitrogens with two attached hydrogens (primary N) is 1. The number of rotatable bonds is 2. The highest BCUT2D eigenvalue weighted by atomic mass is 19.3. The van der Waals surface area contributed by atoms with Crippen LogP contribution in [0.4, 0.5) is 19.0 Å². The summed E-state index contributed by atoms with van der Waals surface area (Å²) in [4.78, 5) is 4.19. The standard InChI is InChI=1S/C23H20F3N5O2/c1-11-16-7-14(24)3-4-15(16)22-13(10-31(2)29-22)6-18-21(17(30-33-18)8-20(25)26)12-5-19(32-11)23(27)28-9-12/h3-5,7,9-11,20H,6,8H2,1-2H3,(H2,27,28). The van der Waals surface area contributed by atoms with Crippen LogP contribution in [0.5, 0.6) is 5.75 Å². The monoisotopic (exact) mass is 455 g/mol. The van der Waals surface area contributed by atoms with Crippen LogP contribution in [0.2, 0.25) is 0 Å². The number of aromatic nitrogens is 4. The zero-order valence-electron chi connectivity index (χ0n) is 17.8. The van der Waals surface area contributed by atoms with E-state index in [1.165, 1.54) is 18.3 Å². The molecule has 1 unspecified atom stereocenters. The Morgan fingerprint density at radius 1 is 1.27 bits per heavy atom. The molecule has 0 amide bonds. The topological polar surface area (TPSA) is 92.0 Å². The Morgan fingerprint density at radius 3 is 2.88 bits per heavy atom. The van der Waals surface area contributed by atoms with Crippen LogP contribution in [-0.4, -0.2) is 26.3 Å². The van der Waals surface area contributed by atoms with Gasteiger partial charge in [-0.05, 0) is 31.2 Å². The molecule has 0 fully saturated rings. The number of nitrogens with zero attached hydrogens (tertiary/aromatic N) is 4. The second kappa shape index (κ2) is 7.95. The first kappa shape index (κ1) is 21.0. The van der Waals surface area contributed by atoms with Gasteiger partial charge in [0.25, 0.3) is 0 Å². The lowest BCUT2D eigenvalue weighted by Gasteiger charge is -2.20. The molecule has 4 heterocycles. The molecule has 10 heteroatoms. The second-order valence-corrected chi connectivity index (χ2v) is 7.98. The van der Waals surface area contributed by atoms with Gasteiger partial charge in [0, 0.05) is 48.1 Å². The van der Waals surface area contributed by atoms with Crippen LogP contribution in [0.15, 0.2) is 41.2 Å². The Labute approximate surface area is 187 Å². The van der Waals surface area contributed by atoms with Crippen molar-refractivity contribution < 1.29 is 22.4 Å². The molecule has 4 aromatic rings. The summed E-state index contributed by atoms with van der Waals surface area (Å²) in [5.74, 6) is 0.331. The Bertz CT molecular complexity index is 1350. The number of fused-ring (bicyclic) bond motifs is 7. The summed E-state index contributed by atoms with van der Waals surface area (Å²) in [5, 5.41) is 8.50. The second-order valence-electron chi connectivity index (χ2n) is 7.98. The molecule has 3 aromatic heterocycles. The number of pyridine rings is 1. The van der Waals surface area contributed by atoms with E-state index in [1.54, 1.807) is 30.8 Å². The Kier molecular flexibility index (Phi) is 5.07. The maximum atomic E-state index is 14.2. The van der Waals surface area contributed by atoms with Gasteiger partial charge >= 0.3 is 0 Å².